The Balaban J connectivity index is 1.32. The Kier molecular flexibility index (Phi) is 8.19. The van der Waals surface area contributed by atoms with E-state index >= 15 is 4.39 Å². The highest BCUT2D eigenvalue weighted by Crippen LogP contribution is 2.31. The molecule has 1 aromatic carbocycles. The average Bonchev–Trinajstić information content (AvgIpc) is 3.26. The molecule has 1 fully saturated rings. The molecule has 0 spiro atoms. The highest BCUT2D eigenvalue weighted by molar-refractivity contribution is 5.85. The van der Waals surface area contributed by atoms with Gasteiger partial charge in [-0.05, 0) is 103 Å². The molecule has 0 radical (unpaired) electrons. The number of allylic oxidation sites excluding steroid dienone is 1. The van der Waals surface area contributed by atoms with E-state index in [1.54, 1.807) is 0 Å². The molecule has 1 N–H and O–H groups in total. The molecule has 0 unspecified atom stereocenters. The molecule has 1 saturated heterocycles. The predicted octanol–water partition coefficient (Wildman–Crippen LogP) is 6.43. The van der Waals surface area contributed by atoms with Crippen LogP contribution >= 0.6 is 0 Å². The third kappa shape index (κ3) is 5.88. The molecule has 4 heterocycles. The van der Waals surface area contributed by atoms with Crippen molar-refractivity contribution in [3.05, 3.63) is 71.1 Å². The molecule has 212 valence electrons. The summed E-state index contributed by atoms with van der Waals surface area (Å²) in [6.07, 6.45) is 8.91. The van der Waals surface area contributed by atoms with Crippen molar-refractivity contribution in [3.8, 4) is 11.3 Å². The minimum atomic E-state index is -0.463. The number of nitrogens with one attached hydrogen (secondary N) is 1. The number of nitrogens with zero attached hydrogens (tertiary/aromatic N) is 6. The Morgan fingerprint density at radius 2 is 1.88 bits per heavy atom. The Bertz CT molecular complexity index is 1470. The zero-order valence-corrected chi connectivity index (χ0v) is 24.8. The van der Waals surface area contributed by atoms with E-state index in [1.807, 2.05) is 32.1 Å². The van der Waals surface area contributed by atoms with Crippen molar-refractivity contribution in [2.45, 2.75) is 66.0 Å². The van der Waals surface area contributed by atoms with Gasteiger partial charge in [0.15, 0.2) is 5.82 Å². The third-order valence-corrected chi connectivity index (χ3v) is 8.35. The lowest BCUT2D eigenvalue weighted by atomic mass is 9.96. The fourth-order valence-electron chi connectivity index (χ4n) is 6.06. The number of aryl methyl sites for hydroxylation is 2. The molecular formula is C32H42FN7. The van der Waals surface area contributed by atoms with E-state index in [4.69, 9.17) is 4.98 Å². The van der Waals surface area contributed by atoms with Crippen LogP contribution in [0, 0.1) is 19.7 Å². The minimum absolute atomic E-state index is 0.238. The van der Waals surface area contributed by atoms with E-state index in [0.29, 0.717) is 23.3 Å². The summed E-state index contributed by atoms with van der Waals surface area (Å²) in [5, 5.41) is 3.17. The van der Waals surface area contributed by atoms with Crippen molar-refractivity contribution in [3.63, 3.8) is 0 Å². The quantitative estimate of drug-likeness (QED) is 0.347. The van der Waals surface area contributed by atoms with Gasteiger partial charge in [0, 0.05) is 36.4 Å². The maximum atomic E-state index is 15.0. The average molecular weight is 544 g/mol. The Hall–Kier alpha value is -3.36. The summed E-state index contributed by atoms with van der Waals surface area (Å²) in [5.41, 5.74) is 7.29. The first-order valence-electron chi connectivity index (χ1n) is 14.4. The van der Waals surface area contributed by atoms with Gasteiger partial charge in [-0.1, -0.05) is 18.2 Å². The second-order valence-electron chi connectivity index (χ2n) is 11.7. The number of anilines is 1. The third-order valence-electron chi connectivity index (χ3n) is 8.35. The van der Waals surface area contributed by atoms with Gasteiger partial charge in [-0.25, -0.2) is 19.3 Å². The molecule has 7 nitrogen and oxygen atoms in total. The Labute approximate surface area is 237 Å². The van der Waals surface area contributed by atoms with Crippen molar-refractivity contribution < 1.29 is 4.39 Å². The number of piperidine rings is 1. The standard InChI is InChI=1S/C32H42FN7/c1-20(2)40-24(6)36-30-22(4)16-26(17-29(30)40)31-28(33)18-34-32(37-31)35-23(5)8-9-25-19-39(15-10-21(25)3)27-11-13-38(7)14-12-27/h8-9,16-18,20,27H,5,10-15,19H2,1-4,6-7H3,(H,34,35,37)/b9-8-. The smallest absolute Gasteiger partial charge is 0.227 e. The van der Waals surface area contributed by atoms with E-state index in [2.05, 4.69) is 70.1 Å². The molecule has 3 aromatic rings. The lowest BCUT2D eigenvalue weighted by molar-refractivity contribution is 0.126. The number of rotatable bonds is 7. The van der Waals surface area contributed by atoms with Gasteiger partial charge >= 0.3 is 0 Å². The van der Waals surface area contributed by atoms with Crippen LogP contribution in [0.25, 0.3) is 22.3 Å². The summed E-state index contributed by atoms with van der Waals surface area (Å²) in [5.74, 6) is 0.797. The maximum absolute atomic E-state index is 15.0. The van der Waals surface area contributed by atoms with Gasteiger partial charge in [0.2, 0.25) is 5.95 Å². The van der Waals surface area contributed by atoms with Gasteiger partial charge in [0.25, 0.3) is 0 Å². The van der Waals surface area contributed by atoms with E-state index in [-0.39, 0.29) is 11.7 Å². The minimum Gasteiger partial charge on any atom is -0.326 e. The van der Waals surface area contributed by atoms with Gasteiger partial charge in [-0.3, -0.25) is 4.90 Å². The fraction of sp³-hybridized carbons (Fsp3) is 0.469. The van der Waals surface area contributed by atoms with Gasteiger partial charge in [0.05, 0.1) is 17.2 Å². The lowest BCUT2D eigenvalue weighted by Gasteiger charge is -2.39. The van der Waals surface area contributed by atoms with E-state index in [1.165, 1.54) is 43.3 Å². The molecule has 2 aromatic heterocycles. The zero-order chi connectivity index (χ0) is 28.6. The van der Waals surface area contributed by atoms with Gasteiger partial charge < -0.3 is 14.8 Å². The number of hydrogen-bond acceptors (Lipinski definition) is 6. The molecule has 2 aliphatic rings. The molecule has 0 aliphatic carbocycles. The normalized spacial score (nSPS) is 18.0. The molecule has 2 aliphatic heterocycles. The number of likely N-dealkylation sites (tertiary alicyclic amines) is 1. The number of fused-ring (bicyclic) bond motifs is 1. The largest absolute Gasteiger partial charge is 0.326 e. The summed E-state index contributed by atoms with van der Waals surface area (Å²) in [4.78, 5) is 18.5. The van der Waals surface area contributed by atoms with Crippen molar-refractivity contribution in [2.75, 3.05) is 38.5 Å². The zero-order valence-electron chi connectivity index (χ0n) is 24.8. The van der Waals surface area contributed by atoms with Gasteiger partial charge in [-0.15, -0.1) is 0 Å². The molecule has 0 amide bonds. The highest BCUT2D eigenvalue weighted by atomic mass is 19.1. The number of imidazole rings is 1. The summed E-state index contributed by atoms with van der Waals surface area (Å²) in [6.45, 7) is 19.1. The van der Waals surface area contributed by atoms with E-state index in [9.17, 15) is 0 Å². The molecule has 0 bridgehead atoms. The number of halogens is 1. The van der Waals surface area contributed by atoms with Crippen LogP contribution in [0.2, 0.25) is 0 Å². The van der Waals surface area contributed by atoms with E-state index < -0.39 is 5.82 Å². The van der Waals surface area contributed by atoms with E-state index in [0.717, 1.165) is 41.9 Å². The topological polar surface area (TPSA) is 62.1 Å². The van der Waals surface area contributed by atoms with Crippen molar-refractivity contribution in [1.82, 2.24) is 29.3 Å². The Morgan fingerprint density at radius 3 is 2.60 bits per heavy atom. The maximum Gasteiger partial charge on any atom is 0.227 e. The SMILES string of the molecule is C=C(/C=C\C1=C(C)CCN(C2CCN(C)CC2)C1)Nc1ncc(F)c(-c2cc(C)c3nc(C)n(C(C)C)c3c2)n1. The van der Waals surface area contributed by atoms with Crippen LogP contribution in [-0.4, -0.2) is 68.6 Å². The van der Waals surface area contributed by atoms with Gasteiger partial charge in [0.1, 0.15) is 11.5 Å². The van der Waals surface area contributed by atoms with Crippen LogP contribution in [0.5, 0.6) is 0 Å². The summed E-state index contributed by atoms with van der Waals surface area (Å²) < 4.78 is 17.2. The lowest BCUT2D eigenvalue weighted by Crippen LogP contribution is -2.46. The van der Waals surface area contributed by atoms with Crippen LogP contribution in [0.1, 0.15) is 57.5 Å². The van der Waals surface area contributed by atoms with Crippen LogP contribution in [0.3, 0.4) is 0 Å². The van der Waals surface area contributed by atoms with Crippen LogP contribution in [-0.2, 0) is 0 Å². The van der Waals surface area contributed by atoms with Crippen molar-refractivity contribution >= 4 is 17.0 Å². The second kappa shape index (κ2) is 11.6. The first-order chi connectivity index (χ1) is 19.1. The second-order valence-corrected chi connectivity index (χ2v) is 11.7. The molecule has 40 heavy (non-hydrogen) atoms. The number of aromatic nitrogens is 4. The monoisotopic (exact) mass is 543 g/mol. The first-order valence-corrected chi connectivity index (χ1v) is 14.4. The molecule has 8 heteroatoms. The molecule has 0 atom stereocenters. The van der Waals surface area contributed by atoms with Crippen LogP contribution in [0.4, 0.5) is 10.3 Å². The molecule has 5 rings (SSSR count). The first kappa shape index (κ1) is 28.2. The predicted molar refractivity (Wildman–Crippen MR) is 162 cm³/mol. The van der Waals surface area contributed by atoms with Crippen LogP contribution < -0.4 is 5.32 Å². The summed E-state index contributed by atoms with van der Waals surface area (Å²) in [7, 11) is 2.21. The number of hydrogen-bond donors (Lipinski definition) is 1. The van der Waals surface area contributed by atoms with Crippen molar-refractivity contribution in [2.24, 2.45) is 0 Å². The Morgan fingerprint density at radius 1 is 1.12 bits per heavy atom. The summed E-state index contributed by atoms with van der Waals surface area (Å²) in [6, 6.07) is 4.81. The van der Waals surface area contributed by atoms with Crippen molar-refractivity contribution in [1.29, 1.82) is 0 Å². The molecule has 0 saturated carbocycles. The van der Waals surface area contributed by atoms with Gasteiger partial charge in [-0.2, -0.15) is 0 Å². The number of benzene rings is 1. The fourth-order valence-corrected chi connectivity index (χ4v) is 6.06. The highest BCUT2D eigenvalue weighted by Gasteiger charge is 2.26. The van der Waals surface area contributed by atoms with Crippen LogP contribution in [0.15, 0.2) is 53.9 Å². The molecular weight excluding hydrogens is 501 g/mol. The summed E-state index contributed by atoms with van der Waals surface area (Å²) >= 11 is 0.